The first-order valence-corrected chi connectivity index (χ1v) is 11.5. The maximum absolute atomic E-state index is 13.1. The molecule has 0 unspecified atom stereocenters. The third-order valence-corrected chi connectivity index (χ3v) is 5.71. The number of likely N-dealkylation sites (N-methyl/N-ethyl adjacent to an activating group) is 1. The number of fused-ring (bicyclic) bond motifs is 1. The average molecular weight is 492 g/mol. The van der Waals surface area contributed by atoms with Gasteiger partial charge in [0.05, 0.1) is 23.4 Å². The van der Waals surface area contributed by atoms with Crippen molar-refractivity contribution in [2.75, 3.05) is 37.9 Å². The van der Waals surface area contributed by atoms with Gasteiger partial charge in [0, 0.05) is 22.8 Å². The summed E-state index contributed by atoms with van der Waals surface area (Å²) in [5.41, 5.74) is 4.45. The topological polar surface area (TPSA) is 90.9 Å². The van der Waals surface area contributed by atoms with Crippen molar-refractivity contribution in [3.63, 3.8) is 0 Å². The van der Waals surface area contributed by atoms with Gasteiger partial charge >= 0.3 is 5.97 Å². The molecule has 3 N–H and O–H groups in total. The number of ether oxygens (including phenoxy) is 1. The van der Waals surface area contributed by atoms with E-state index in [9.17, 15) is 14.7 Å². The highest BCUT2D eigenvalue weighted by Crippen LogP contribution is 2.39. The molecule has 0 radical (unpaired) electrons. The molecule has 4 rings (SSSR count). The molecule has 0 fully saturated rings. The van der Waals surface area contributed by atoms with Crippen molar-refractivity contribution in [2.45, 2.75) is 6.42 Å². The number of hydrogen-bond donors (Lipinski definition) is 3. The van der Waals surface area contributed by atoms with Crippen molar-refractivity contribution in [1.82, 2.24) is 4.90 Å². The minimum absolute atomic E-state index is 0.117. The van der Waals surface area contributed by atoms with Crippen molar-refractivity contribution >= 4 is 46.1 Å². The van der Waals surface area contributed by atoms with Crippen molar-refractivity contribution in [3.05, 3.63) is 88.4 Å². The van der Waals surface area contributed by atoms with E-state index < -0.39 is 5.97 Å². The lowest BCUT2D eigenvalue weighted by atomic mass is 9.98. The van der Waals surface area contributed by atoms with Crippen molar-refractivity contribution in [3.8, 4) is 5.75 Å². The van der Waals surface area contributed by atoms with Crippen LogP contribution in [0, 0.1) is 0 Å². The molecule has 1 amide bonds. The van der Waals surface area contributed by atoms with Crippen LogP contribution in [0.3, 0.4) is 0 Å². The van der Waals surface area contributed by atoms with Crippen LogP contribution in [0.2, 0.25) is 5.02 Å². The number of carboxylic acids is 1. The van der Waals surface area contributed by atoms with Gasteiger partial charge in [0.15, 0.2) is 0 Å². The molecule has 0 spiro atoms. The van der Waals surface area contributed by atoms with Crippen molar-refractivity contribution in [2.24, 2.45) is 0 Å². The van der Waals surface area contributed by atoms with E-state index in [0.29, 0.717) is 45.3 Å². The normalized spacial score (nSPS) is 13.9. The second kappa shape index (κ2) is 10.6. The average Bonchev–Trinajstić information content (AvgIpc) is 3.12. The highest BCUT2D eigenvalue weighted by atomic mass is 35.5. The largest absolute Gasteiger partial charge is 0.492 e. The molecule has 7 nitrogen and oxygen atoms in total. The van der Waals surface area contributed by atoms with Gasteiger partial charge in [-0.15, -0.1) is 0 Å². The summed E-state index contributed by atoms with van der Waals surface area (Å²) in [7, 11) is 3.98. The molecular formula is C27H26ClN3O4. The van der Waals surface area contributed by atoms with Gasteiger partial charge in [0.1, 0.15) is 12.4 Å². The molecular weight excluding hydrogens is 466 g/mol. The zero-order valence-corrected chi connectivity index (χ0v) is 20.2. The Bertz CT molecular complexity index is 1290. The second-order valence-electron chi connectivity index (χ2n) is 8.47. The summed E-state index contributed by atoms with van der Waals surface area (Å²) >= 11 is 6.13. The zero-order valence-electron chi connectivity index (χ0n) is 19.5. The summed E-state index contributed by atoms with van der Waals surface area (Å²) in [5, 5.41) is 16.0. The van der Waals surface area contributed by atoms with Gasteiger partial charge < -0.3 is 25.4 Å². The minimum Gasteiger partial charge on any atom is -0.492 e. The maximum Gasteiger partial charge on any atom is 0.307 e. The zero-order chi connectivity index (χ0) is 24.9. The van der Waals surface area contributed by atoms with Crippen LogP contribution in [0.5, 0.6) is 5.75 Å². The third kappa shape index (κ3) is 6.01. The van der Waals surface area contributed by atoms with E-state index in [1.54, 1.807) is 36.4 Å². The number of nitrogens with zero attached hydrogens (tertiary/aromatic N) is 1. The SMILES string of the molecule is CN(C)CCOc1ccc(N/C(=C2\C(=O)Nc3cc(Cl)ccc32)c2cccc(CC(=O)O)c2)cc1. The van der Waals surface area contributed by atoms with Crippen LogP contribution in [0.25, 0.3) is 11.3 Å². The predicted octanol–water partition coefficient (Wildman–Crippen LogP) is 4.84. The molecule has 0 aliphatic carbocycles. The molecule has 0 atom stereocenters. The lowest BCUT2D eigenvalue weighted by Gasteiger charge is -2.16. The number of rotatable bonds is 9. The number of halogens is 1. The Morgan fingerprint density at radius 3 is 2.57 bits per heavy atom. The number of hydrogen-bond acceptors (Lipinski definition) is 5. The van der Waals surface area contributed by atoms with Gasteiger partial charge in [0.25, 0.3) is 5.91 Å². The van der Waals surface area contributed by atoms with Crippen LogP contribution in [0.4, 0.5) is 11.4 Å². The fourth-order valence-electron chi connectivity index (χ4n) is 3.81. The highest BCUT2D eigenvalue weighted by Gasteiger charge is 2.28. The predicted molar refractivity (Wildman–Crippen MR) is 139 cm³/mol. The molecule has 0 aromatic heterocycles. The summed E-state index contributed by atoms with van der Waals surface area (Å²) in [6.07, 6.45) is -0.117. The fourth-order valence-corrected chi connectivity index (χ4v) is 3.98. The number of carboxylic acid groups (broad SMARTS) is 1. The molecule has 0 bridgehead atoms. The third-order valence-electron chi connectivity index (χ3n) is 5.48. The Balaban J connectivity index is 1.72. The Morgan fingerprint density at radius 2 is 1.86 bits per heavy atom. The summed E-state index contributed by atoms with van der Waals surface area (Å²) in [4.78, 5) is 26.4. The molecule has 1 aliphatic rings. The van der Waals surface area contributed by atoms with E-state index in [4.69, 9.17) is 16.3 Å². The number of carbonyl (C=O) groups excluding carboxylic acids is 1. The van der Waals surface area contributed by atoms with Crippen LogP contribution >= 0.6 is 11.6 Å². The van der Waals surface area contributed by atoms with Gasteiger partial charge in [-0.05, 0) is 67.7 Å². The molecule has 0 saturated carbocycles. The molecule has 1 aliphatic heterocycles. The number of carbonyl (C=O) groups is 2. The molecule has 3 aromatic carbocycles. The van der Waals surface area contributed by atoms with Gasteiger partial charge in [-0.1, -0.05) is 35.9 Å². The van der Waals surface area contributed by atoms with Crippen LogP contribution in [-0.2, 0) is 16.0 Å². The first-order chi connectivity index (χ1) is 16.8. The number of nitrogens with one attached hydrogen (secondary N) is 2. The van der Waals surface area contributed by atoms with Crippen LogP contribution in [0.1, 0.15) is 16.7 Å². The van der Waals surface area contributed by atoms with E-state index >= 15 is 0 Å². The monoisotopic (exact) mass is 491 g/mol. The first kappa shape index (κ1) is 24.3. The van der Waals surface area contributed by atoms with E-state index in [2.05, 4.69) is 10.6 Å². The van der Waals surface area contributed by atoms with Gasteiger partial charge in [-0.25, -0.2) is 0 Å². The first-order valence-electron chi connectivity index (χ1n) is 11.1. The quantitative estimate of drug-likeness (QED) is 0.371. The molecule has 1 heterocycles. The summed E-state index contributed by atoms with van der Waals surface area (Å²) in [6, 6.07) is 19.9. The number of anilines is 2. The Labute approximate surface area is 209 Å². The lowest BCUT2D eigenvalue weighted by Crippen LogP contribution is -2.19. The summed E-state index contributed by atoms with van der Waals surface area (Å²) < 4.78 is 5.77. The summed E-state index contributed by atoms with van der Waals surface area (Å²) in [6.45, 7) is 1.38. The van der Waals surface area contributed by atoms with Crippen LogP contribution in [0.15, 0.2) is 66.7 Å². The standard InChI is InChI=1S/C27H26ClN3O4/c1-31(2)12-13-35-21-9-7-20(8-10-21)29-26(18-5-3-4-17(14-18)15-24(32)33)25-22-11-6-19(28)16-23(22)30-27(25)34/h3-11,14,16,29H,12-13,15H2,1-2H3,(H,30,34)(H,32,33)/b26-25-. The number of benzene rings is 3. The fraction of sp³-hybridized carbons (Fsp3) is 0.185. The molecule has 8 heteroatoms. The van der Waals surface area contributed by atoms with Crippen LogP contribution in [-0.4, -0.2) is 49.1 Å². The Kier molecular flexibility index (Phi) is 7.39. The summed E-state index contributed by atoms with van der Waals surface area (Å²) in [5.74, 6) is -0.446. The lowest BCUT2D eigenvalue weighted by molar-refractivity contribution is -0.136. The molecule has 3 aromatic rings. The Morgan fingerprint density at radius 1 is 1.09 bits per heavy atom. The minimum atomic E-state index is -0.923. The van der Waals surface area contributed by atoms with Gasteiger partial charge in [-0.2, -0.15) is 0 Å². The van der Waals surface area contributed by atoms with Crippen molar-refractivity contribution < 1.29 is 19.4 Å². The molecule has 0 saturated heterocycles. The smallest absolute Gasteiger partial charge is 0.307 e. The van der Waals surface area contributed by atoms with Gasteiger partial charge in [0.2, 0.25) is 0 Å². The van der Waals surface area contributed by atoms with E-state index in [1.165, 1.54) is 0 Å². The van der Waals surface area contributed by atoms with E-state index in [1.807, 2.05) is 49.3 Å². The van der Waals surface area contributed by atoms with Crippen LogP contribution < -0.4 is 15.4 Å². The van der Waals surface area contributed by atoms with Crippen molar-refractivity contribution in [1.29, 1.82) is 0 Å². The maximum atomic E-state index is 13.1. The molecule has 35 heavy (non-hydrogen) atoms. The van der Waals surface area contributed by atoms with Gasteiger partial charge in [-0.3, -0.25) is 9.59 Å². The van der Waals surface area contributed by atoms with E-state index in [0.717, 1.165) is 18.0 Å². The van der Waals surface area contributed by atoms with E-state index in [-0.39, 0.29) is 12.3 Å². The highest BCUT2D eigenvalue weighted by molar-refractivity contribution is 6.38. The second-order valence-corrected chi connectivity index (χ2v) is 8.90. The number of amides is 1. The molecule has 180 valence electrons. The Hall–Kier alpha value is -3.81. The number of aliphatic carboxylic acids is 1.